The van der Waals surface area contributed by atoms with E-state index in [1.165, 1.54) is 82.7 Å². The van der Waals surface area contributed by atoms with Gasteiger partial charge in [-0.2, -0.15) is 0 Å². The van der Waals surface area contributed by atoms with E-state index in [-0.39, 0.29) is 5.41 Å². The molecule has 0 spiro atoms. The molecule has 2 heterocycles. The minimum atomic E-state index is -0.0537. The molecule has 11 aromatic rings. The van der Waals surface area contributed by atoms with E-state index in [1.807, 2.05) is 0 Å². The molecule has 0 saturated carbocycles. The molecule has 9 aromatic carbocycles. The van der Waals surface area contributed by atoms with Crippen molar-refractivity contribution in [2.75, 3.05) is 4.90 Å². The van der Waals surface area contributed by atoms with Gasteiger partial charge in [-0.05, 0) is 130 Å². The molecule has 0 atom stereocenters. The molecule has 0 N–H and O–H groups in total. The summed E-state index contributed by atoms with van der Waals surface area (Å²) in [7, 11) is 0. The molecule has 3 heteroatoms. The van der Waals surface area contributed by atoms with Crippen LogP contribution in [0.4, 0.5) is 17.1 Å². The molecule has 1 aliphatic rings. The Bertz CT molecular complexity index is 3430. The van der Waals surface area contributed by atoms with E-state index in [2.05, 4.69) is 240 Å². The third-order valence-electron chi connectivity index (χ3n) is 12.9. The second kappa shape index (κ2) is 13.2. The van der Waals surface area contributed by atoms with Crippen LogP contribution in [0.3, 0.4) is 0 Å². The Labute approximate surface area is 349 Å². The molecular weight excluding hydrogens is 727 g/mol. The maximum atomic E-state index is 2.46. The molecule has 2 aromatic heterocycles. The highest BCUT2D eigenvalue weighted by atomic mass is 15.1. The van der Waals surface area contributed by atoms with Crippen LogP contribution in [-0.2, 0) is 5.41 Å². The highest BCUT2D eigenvalue weighted by Crippen LogP contribution is 2.51. The lowest BCUT2D eigenvalue weighted by Crippen LogP contribution is -2.14. The summed E-state index contributed by atoms with van der Waals surface area (Å²) in [5.41, 5.74) is 18.3. The maximum Gasteiger partial charge on any atom is 0.0547 e. The van der Waals surface area contributed by atoms with Crippen LogP contribution in [-0.4, -0.2) is 9.13 Å². The van der Waals surface area contributed by atoms with Crippen LogP contribution in [0.1, 0.15) is 25.0 Å². The summed E-state index contributed by atoms with van der Waals surface area (Å²) in [6, 6.07) is 77.7. The number of hydrogen-bond donors (Lipinski definition) is 0. The highest BCUT2D eigenvalue weighted by molar-refractivity contribution is 6.12. The molecule has 0 saturated heterocycles. The van der Waals surface area contributed by atoms with Gasteiger partial charge in [0.25, 0.3) is 0 Å². The Balaban J connectivity index is 0.936. The van der Waals surface area contributed by atoms with Crippen LogP contribution < -0.4 is 4.90 Å². The van der Waals surface area contributed by atoms with Gasteiger partial charge in [-0.3, -0.25) is 0 Å². The van der Waals surface area contributed by atoms with Gasteiger partial charge in [0.2, 0.25) is 0 Å². The molecule has 0 aliphatic heterocycles. The van der Waals surface area contributed by atoms with E-state index in [4.69, 9.17) is 0 Å². The lowest BCUT2D eigenvalue weighted by atomic mass is 9.82. The van der Waals surface area contributed by atoms with Gasteiger partial charge >= 0.3 is 0 Å². The zero-order valence-electron chi connectivity index (χ0n) is 33.5. The highest BCUT2D eigenvalue weighted by Gasteiger charge is 2.36. The molecule has 1 aliphatic carbocycles. The first kappa shape index (κ1) is 34.4. The predicted octanol–water partition coefficient (Wildman–Crippen LogP) is 15.3. The van der Waals surface area contributed by atoms with Crippen molar-refractivity contribution in [1.82, 2.24) is 9.13 Å². The molecule has 0 amide bonds. The van der Waals surface area contributed by atoms with Crippen molar-refractivity contribution in [1.29, 1.82) is 0 Å². The number of aromatic nitrogens is 2. The first-order chi connectivity index (χ1) is 29.5. The van der Waals surface area contributed by atoms with Crippen LogP contribution >= 0.6 is 0 Å². The van der Waals surface area contributed by atoms with Crippen molar-refractivity contribution in [3.63, 3.8) is 0 Å². The minimum Gasteiger partial charge on any atom is -0.311 e. The van der Waals surface area contributed by atoms with Gasteiger partial charge in [-0.15, -0.1) is 0 Å². The van der Waals surface area contributed by atoms with Gasteiger partial charge < -0.3 is 14.0 Å². The molecule has 12 rings (SSSR count). The zero-order valence-corrected chi connectivity index (χ0v) is 33.5. The fourth-order valence-corrected chi connectivity index (χ4v) is 10.0. The minimum absolute atomic E-state index is 0.0537. The molecule has 0 fully saturated rings. The third kappa shape index (κ3) is 5.15. The van der Waals surface area contributed by atoms with Gasteiger partial charge in [0.15, 0.2) is 0 Å². The van der Waals surface area contributed by atoms with Crippen molar-refractivity contribution in [3.8, 4) is 33.6 Å². The first-order valence-electron chi connectivity index (χ1n) is 20.9. The Morgan fingerprint density at radius 1 is 0.333 bits per heavy atom. The Morgan fingerprint density at radius 3 is 1.53 bits per heavy atom. The molecule has 0 unspecified atom stereocenters. The lowest BCUT2D eigenvalue weighted by Gasteiger charge is -2.26. The Kier molecular flexibility index (Phi) is 7.58. The maximum absolute atomic E-state index is 2.46. The standard InChI is InChI=1S/C57H41N3/c1-57(2)51-22-12-9-19-45(51)48-37-56-50(36-52(48)57)47-21-11-14-24-54(47)60(56)44-32-30-43(31-33-44)58(40-15-5-3-6-16-40)42-28-25-38(26-29-42)39-27-34-55-49(35-39)46-20-10-13-23-53(46)59(55)41-17-7-4-8-18-41/h3-37H,1-2H3. The number of benzene rings is 9. The van der Waals surface area contributed by atoms with E-state index < -0.39 is 0 Å². The molecule has 60 heavy (non-hydrogen) atoms. The fraction of sp³-hybridized carbons (Fsp3) is 0.0526. The normalized spacial score (nSPS) is 13.0. The Morgan fingerprint density at radius 2 is 0.833 bits per heavy atom. The van der Waals surface area contributed by atoms with E-state index in [0.717, 1.165) is 22.7 Å². The van der Waals surface area contributed by atoms with Crippen LogP contribution in [0.2, 0.25) is 0 Å². The molecule has 284 valence electrons. The van der Waals surface area contributed by atoms with Crippen LogP contribution in [0.5, 0.6) is 0 Å². The summed E-state index contributed by atoms with van der Waals surface area (Å²) in [5.74, 6) is 0. The number of fused-ring (bicyclic) bond motifs is 9. The van der Waals surface area contributed by atoms with Crippen molar-refractivity contribution in [2.45, 2.75) is 19.3 Å². The molecule has 0 bridgehead atoms. The number of anilines is 3. The fourth-order valence-electron chi connectivity index (χ4n) is 10.0. The number of rotatable bonds is 6. The van der Waals surface area contributed by atoms with E-state index in [9.17, 15) is 0 Å². The SMILES string of the molecule is CC1(C)c2ccccc2-c2cc3c(cc21)c1ccccc1n3-c1ccc(N(c2ccccc2)c2ccc(-c3ccc4c(c3)c3ccccc3n4-c3ccccc3)cc2)cc1. The van der Waals surface area contributed by atoms with Crippen LogP contribution in [0.25, 0.3) is 77.2 Å². The van der Waals surface area contributed by atoms with Crippen LogP contribution in [0, 0.1) is 0 Å². The van der Waals surface area contributed by atoms with Crippen molar-refractivity contribution >= 4 is 60.7 Å². The van der Waals surface area contributed by atoms with Gasteiger partial charge in [0, 0.05) is 55.4 Å². The third-order valence-corrected chi connectivity index (χ3v) is 12.9. The van der Waals surface area contributed by atoms with Gasteiger partial charge in [0.1, 0.15) is 0 Å². The summed E-state index contributed by atoms with van der Waals surface area (Å²) in [4.78, 5) is 2.35. The lowest BCUT2D eigenvalue weighted by molar-refractivity contribution is 0.661. The van der Waals surface area contributed by atoms with E-state index >= 15 is 0 Å². The van der Waals surface area contributed by atoms with E-state index in [1.54, 1.807) is 0 Å². The second-order valence-electron chi connectivity index (χ2n) is 16.6. The van der Waals surface area contributed by atoms with Crippen molar-refractivity contribution in [2.24, 2.45) is 0 Å². The molecule has 3 nitrogen and oxygen atoms in total. The number of hydrogen-bond acceptors (Lipinski definition) is 1. The summed E-state index contributed by atoms with van der Waals surface area (Å²) in [6.07, 6.45) is 0. The summed E-state index contributed by atoms with van der Waals surface area (Å²) in [6.45, 7) is 4.72. The summed E-state index contributed by atoms with van der Waals surface area (Å²) >= 11 is 0. The van der Waals surface area contributed by atoms with Gasteiger partial charge in [-0.1, -0.05) is 129 Å². The van der Waals surface area contributed by atoms with Gasteiger partial charge in [-0.25, -0.2) is 0 Å². The monoisotopic (exact) mass is 767 g/mol. The van der Waals surface area contributed by atoms with Crippen LogP contribution in [0.15, 0.2) is 212 Å². The average molecular weight is 768 g/mol. The summed E-state index contributed by atoms with van der Waals surface area (Å²) in [5, 5.41) is 5.08. The number of para-hydroxylation sites is 4. The first-order valence-corrected chi connectivity index (χ1v) is 20.9. The Hall–Kier alpha value is -7.62. The van der Waals surface area contributed by atoms with Gasteiger partial charge in [0.05, 0.1) is 22.1 Å². The van der Waals surface area contributed by atoms with Crippen molar-refractivity contribution in [3.05, 3.63) is 223 Å². The molecule has 0 radical (unpaired) electrons. The smallest absolute Gasteiger partial charge is 0.0547 e. The predicted molar refractivity (Wildman–Crippen MR) is 253 cm³/mol. The van der Waals surface area contributed by atoms with Crippen molar-refractivity contribution < 1.29 is 0 Å². The summed E-state index contributed by atoms with van der Waals surface area (Å²) < 4.78 is 4.81. The number of nitrogens with zero attached hydrogens (tertiary/aromatic N) is 3. The topological polar surface area (TPSA) is 13.1 Å². The largest absolute Gasteiger partial charge is 0.311 e. The zero-order chi connectivity index (χ0) is 40.0. The van der Waals surface area contributed by atoms with E-state index in [0.29, 0.717) is 0 Å². The molecular formula is C57H41N3. The average Bonchev–Trinajstić information content (AvgIpc) is 3.89. The second-order valence-corrected chi connectivity index (χ2v) is 16.6. The quantitative estimate of drug-likeness (QED) is 0.164.